The van der Waals surface area contributed by atoms with Gasteiger partial charge in [-0.2, -0.15) is 12.7 Å². The third kappa shape index (κ3) is 3.40. The van der Waals surface area contributed by atoms with Crippen molar-refractivity contribution < 1.29 is 27.9 Å². The van der Waals surface area contributed by atoms with Crippen LogP contribution in [0.25, 0.3) is 0 Å². The Kier molecular flexibility index (Phi) is 4.15. The van der Waals surface area contributed by atoms with Gasteiger partial charge in [-0.3, -0.25) is 9.59 Å². The van der Waals surface area contributed by atoms with E-state index in [9.17, 15) is 22.8 Å². The van der Waals surface area contributed by atoms with Gasteiger partial charge in [0.05, 0.1) is 17.8 Å². The summed E-state index contributed by atoms with van der Waals surface area (Å²) < 4.78 is 26.0. The molecule has 0 spiro atoms. The lowest BCUT2D eigenvalue weighted by Gasteiger charge is -2.14. The molecule has 2 amide bonds. The molecule has 0 saturated carbocycles. The molecule has 22 heavy (non-hydrogen) atoms. The number of carbonyl (C=O) groups is 3. The molecule has 1 heterocycles. The number of carbonyl (C=O) groups excluding carboxylic acids is 2. The third-order valence-electron chi connectivity index (χ3n) is 2.89. The second-order valence-corrected chi connectivity index (χ2v) is 6.34. The normalized spacial score (nSPS) is 17.0. The lowest BCUT2D eigenvalue weighted by molar-refractivity contribution is -0.118. The summed E-state index contributed by atoms with van der Waals surface area (Å²) in [6, 6.07) is 4.05. The van der Waals surface area contributed by atoms with Crippen molar-refractivity contribution in [1.82, 2.24) is 9.03 Å². The maximum Gasteiger partial charge on any atom is 0.337 e. The second kappa shape index (κ2) is 5.73. The number of aromatic carboxylic acids is 1. The first-order valence-electron chi connectivity index (χ1n) is 6.13. The van der Waals surface area contributed by atoms with Crippen LogP contribution < -0.4 is 10.0 Å². The summed E-state index contributed by atoms with van der Waals surface area (Å²) in [6.45, 7) is 0.803. The van der Waals surface area contributed by atoms with Crippen LogP contribution in [0.2, 0.25) is 0 Å². The number of hydrogen-bond acceptors (Lipinski definition) is 5. The molecule has 1 fully saturated rings. The molecular formula is C12H13N3O6S. The van der Waals surface area contributed by atoms with Crippen molar-refractivity contribution in [2.24, 2.45) is 0 Å². The fourth-order valence-electron chi connectivity index (χ4n) is 2.00. The van der Waals surface area contributed by atoms with E-state index >= 15 is 0 Å². The number of nitrogens with one attached hydrogen (secondary N) is 2. The number of amides is 2. The Morgan fingerprint density at radius 2 is 2.09 bits per heavy atom. The number of nitrogens with zero attached hydrogens (tertiary/aromatic N) is 1. The summed E-state index contributed by atoms with van der Waals surface area (Å²) in [5, 5.41) is 11.4. The molecule has 10 heteroatoms. The van der Waals surface area contributed by atoms with Crippen LogP contribution in [-0.4, -0.2) is 42.2 Å². The summed E-state index contributed by atoms with van der Waals surface area (Å²) in [7, 11) is -3.87. The molecule has 1 aromatic carbocycles. The minimum Gasteiger partial charge on any atom is -0.478 e. The molecule has 0 atom stereocenters. The van der Waals surface area contributed by atoms with Crippen LogP contribution in [0.4, 0.5) is 5.69 Å². The van der Waals surface area contributed by atoms with Gasteiger partial charge < -0.3 is 10.4 Å². The molecule has 9 nitrogen and oxygen atoms in total. The highest BCUT2D eigenvalue weighted by atomic mass is 32.2. The first-order valence-corrected chi connectivity index (χ1v) is 7.57. The topological polar surface area (TPSA) is 133 Å². The number of hydrogen-bond donors (Lipinski definition) is 3. The molecule has 3 N–H and O–H groups in total. The van der Waals surface area contributed by atoms with Crippen molar-refractivity contribution in [1.29, 1.82) is 0 Å². The van der Waals surface area contributed by atoms with Crippen LogP contribution in [0.15, 0.2) is 18.2 Å². The zero-order valence-corrected chi connectivity index (χ0v) is 12.3. The molecule has 0 unspecified atom stereocenters. The summed E-state index contributed by atoms with van der Waals surface area (Å²) in [5.74, 6) is -2.31. The van der Waals surface area contributed by atoms with E-state index in [-0.39, 0.29) is 24.3 Å². The molecule has 118 valence electrons. The third-order valence-corrected chi connectivity index (χ3v) is 4.31. The van der Waals surface area contributed by atoms with Crippen molar-refractivity contribution in [3.05, 3.63) is 29.3 Å². The van der Waals surface area contributed by atoms with Crippen LogP contribution in [-0.2, 0) is 26.3 Å². The zero-order valence-electron chi connectivity index (χ0n) is 11.5. The molecule has 0 aromatic heterocycles. The van der Waals surface area contributed by atoms with E-state index in [0.717, 1.165) is 4.31 Å². The summed E-state index contributed by atoms with van der Waals surface area (Å²) in [4.78, 5) is 33.4. The maximum atomic E-state index is 11.6. The summed E-state index contributed by atoms with van der Waals surface area (Å²) >= 11 is 0. The van der Waals surface area contributed by atoms with Gasteiger partial charge in [0.25, 0.3) is 0 Å². The lowest BCUT2D eigenvalue weighted by Crippen LogP contribution is -2.29. The molecular weight excluding hydrogens is 314 g/mol. The maximum absolute atomic E-state index is 11.6. The summed E-state index contributed by atoms with van der Waals surface area (Å²) in [5.41, 5.74) is 0.389. The summed E-state index contributed by atoms with van der Waals surface area (Å²) in [6.07, 6.45) is 0. The number of anilines is 1. The molecule has 1 aliphatic rings. The first kappa shape index (κ1) is 15.9. The number of benzene rings is 1. The predicted molar refractivity (Wildman–Crippen MR) is 75.2 cm³/mol. The monoisotopic (exact) mass is 327 g/mol. The standard InChI is InChI=1S/C12H13N3O6S/c1-7(16)13-10-4-8(2-3-9(10)12(18)19)5-15-6-11(17)14-22(15,20)21/h2-4H,5-6H2,1H3,(H,13,16)(H,14,17)(H,18,19). The van der Waals surface area contributed by atoms with Crippen molar-refractivity contribution in [2.75, 3.05) is 11.9 Å². The molecule has 1 aliphatic heterocycles. The SMILES string of the molecule is CC(=O)Nc1cc(CN2CC(=O)NS2(=O)=O)ccc1C(=O)O. The van der Waals surface area contributed by atoms with E-state index in [1.54, 1.807) is 0 Å². The molecule has 0 radical (unpaired) electrons. The van der Waals surface area contributed by atoms with E-state index in [0.29, 0.717) is 5.56 Å². The Labute approximate surface area is 126 Å². The molecule has 0 bridgehead atoms. The van der Waals surface area contributed by atoms with Gasteiger partial charge in [-0.1, -0.05) is 6.07 Å². The Morgan fingerprint density at radius 3 is 2.59 bits per heavy atom. The van der Waals surface area contributed by atoms with Crippen molar-refractivity contribution in [3.8, 4) is 0 Å². The molecule has 0 aliphatic carbocycles. The van der Waals surface area contributed by atoms with Crippen LogP contribution in [0.3, 0.4) is 0 Å². The number of rotatable bonds is 4. The van der Waals surface area contributed by atoms with E-state index in [4.69, 9.17) is 5.11 Å². The Balaban J connectivity index is 2.31. The minimum atomic E-state index is -3.87. The highest BCUT2D eigenvalue weighted by Gasteiger charge is 2.33. The largest absolute Gasteiger partial charge is 0.478 e. The average molecular weight is 327 g/mol. The number of carboxylic acids is 1. The van der Waals surface area contributed by atoms with Gasteiger partial charge in [0.15, 0.2) is 0 Å². The van der Waals surface area contributed by atoms with Crippen LogP contribution in [0.5, 0.6) is 0 Å². The van der Waals surface area contributed by atoms with Crippen molar-refractivity contribution >= 4 is 33.7 Å². The Morgan fingerprint density at radius 1 is 1.41 bits per heavy atom. The van der Waals surface area contributed by atoms with Gasteiger partial charge in [-0.15, -0.1) is 0 Å². The molecule has 1 saturated heterocycles. The zero-order chi connectivity index (χ0) is 16.5. The van der Waals surface area contributed by atoms with E-state index in [1.807, 2.05) is 4.72 Å². The van der Waals surface area contributed by atoms with Gasteiger partial charge in [-0.05, 0) is 17.7 Å². The molecule has 2 rings (SSSR count). The van der Waals surface area contributed by atoms with Crippen molar-refractivity contribution in [3.63, 3.8) is 0 Å². The van der Waals surface area contributed by atoms with Crippen LogP contribution in [0, 0.1) is 0 Å². The van der Waals surface area contributed by atoms with E-state index in [1.165, 1.54) is 25.1 Å². The first-order chi connectivity index (χ1) is 10.2. The predicted octanol–water partition coefficient (Wildman–Crippen LogP) is -0.480. The van der Waals surface area contributed by atoms with Crippen molar-refractivity contribution in [2.45, 2.75) is 13.5 Å². The Bertz CT molecular complexity index is 758. The van der Waals surface area contributed by atoms with Gasteiger partial charge >= 0.3 is 16.2 Å². The average Bonchev–Trinajstić information content (AvgIpc) is 2.61. The van der Waals surface area contributed by atoms with Gasteiger partial charge in [0, 0.05) is 13.5 Å². The minimum absolute atomic E-state index is 0.0633. The second-order valence-electron chi connectivity index (χ2n) is 4.66. The fourth-order valence-corrected chi connectivity index (χ4v) is 3.09. The highest BCUT2D eigenvalue weighted by Crippen LogP contribution is 2.21. The van der Waals surface area contributed by atoms with Crippen LogP contribution >= 0.6 is 0 Å². The van der Waals surface area contributed by atoms with Gasteiger partial charge in [-0.25, -0.2) is 9.52 Å². The quantitative estimate of drug-likeness (QED) is 0.684. The fraction of sp³-hybridized carbons (Fsp3) is 0.250. The number of carboxylic acid groups (broad SMARTS) is 1. The highest BCUT2D eigenvalue weighted by molar-refractivity contribution is 7.88. The lowest BCUT2D eigenvalue weighted by atomic mass is 10.1. The van der Waals surface area contributed by atoms with E-state index in [2.05, 4.69) is 5.32 Å². The van der Waals surface area contributed by atoms with Gasteiger partial charge in [0.2, 0.25) is 11.8 Å². The Hall–Kier alpha value is -2.46. The van der Waals surface area contributed by atoms with Gasteiger partial charge in [0.1, 0.15) is 0 Å². The van der Waals surface area contributed by atoms with Crippen LogP contribution in [0.1, 0.15) is 22.8 Å². The molecule has 1 aromatic rings. The van der Waals surface area contributed by atoms with E-state index < -0.39 is 28.0 Å². The smallest absolute Gasteiger partial charge is 0.337 e.